The third-order valence-electron chi connectivity index (χ3n) is 5.46. The first-order valence-electron chi connectivity index (χ1n) is 9.37. The van der Waals surface area contributed by atoms with E-state index in [1.165, 1.54) is 5.56 Å². The molecule has 3 aromatic rings. The van der Waals surface area contributed by atoms with Crippen LogP contribution in [0, 0.1) is 6.92 Å². The van der Waals surface area contributed by atoms with Crippen molar-refractivity contribution in [3.8, 4) is 0 Å². The summed E-state index contributed by atoms with van der Waals surface area (Å²) < 4.78 is 1.81. The number of ketones is 1. The van der Waals surface area contributed by atoms with Crippen LogP contribution in [0.15, 0.2) is 65.9 Å². The first-order valence-corrected chi connectivity index (χ1v) is 9.75. The smallest absolute Gasteiger partial charge is 0.226 e. The normalized spacial score (nSPS) is 21.1. The Kier molecular flexibility index (Phi) is 4.05. The molecule has 0 bridgehead atoms. The van der Waals surface area contributed by atoms with Crippen molar-refractivity contribution in [1.82, 2.24) is 14.8 Å². The molecule has 0 fully saturated rings. The molecule has 0 saturated carbocycles. The van der Waals surface area contributed by atoms with Crippen molar-refractivity contribution in [3.05, 3.63) is 87.8 Å². The van der Waals surface area contributed by atoms with Crippen LogP contribution >= 0.6 is 11.6 Å². The van der Waals surface area contributed by atoms with Crippen LogP contribution in [0.2, 0.25) is 5.02 Å². The zero-order valence-corrected chi connectivity index (χ0v) is 16.1. The number of carbonyl (C=O) groups excluding carboxylic acids is 1. The summed E-state index contributed by atoms with van der Waals surface area (Å²) in [4.78, 5) is 17.8. The molecule has 1 aliphatic carbocycles. The van der Waals surface area contributed by atoms with Crippen LogP contribution in [-0.2, 0) is 4.79 Å². The highest BCUT2D eigenvalue weighted by molar-refractivity contribution is 6.30. The number of allylic oxidation sites excluding steroid dienone is 2. The van der Waals surface area contributed by atoms with Crippen molar-refractivity contribution in [2.45, 2.75) is 31.7 Å². The van der Waals surface area contributed by atoms with E-state index in [9.17, 15) is 4.79 Å². The largest absolute Gasteiger partial charge is 0.328 e. The van der Waals surface area contributed by atoms with E-state index >= 15 is 0 Å². The molecule has 28 heavy (non-hydrogen) atoms. The van der Waals surface area contributed by atoms with Crippen molar-refractivity contribution in [2.24, 2.45) is 0 Å². The predicted molar refractivity (Wildman–Crippen MR) is 108 cm³/mol. The lowest BCUT2D eigenvalue weighted by Gasteiger charge is -2.35. The molecule has 6 heteroatoms. The Hall–Kier alpha value is -2.92. The third-order valence-corrected chi connectivity index (χ3v) is 5.70. The van der Waals surface area contributed by atoms with E-state index < -0.39 is 0 Å². The van der Waals surface area contributed by atoms with Gasteiger partial charge in [-0.05, 0) is 42.5 Å². The quantitative estimate of drug-likeness (QED) is 0.691. The highest BCUT2D eigenvalue weighted by atomic mass is 35.5. The van der Waals surface area contributed by atoms with Gasteiger partial charge in [-0.1, -0.05) is 54.1 Å². The number of hydrogen-bond donors (Lipinski definition) is 1. The number of Topliss-reactive ketones (excluding diaryl/α,β-unsaturated/α-hetero) is 1. The average Bonchev–Trinajstić information content (AvgIpc) is 3.06. The summed E-state index contributed by atoms with van der Waals surface area (Å²) in [6, 6.07) is 17.5. The molecule has 2 heterocycles. The average molecular weight is 391 g/mol. The summed E-state index contributed by atoms with van der Waals surface area (Å²) in [7, 11) is 0. The van der Waals surface area contributed by atoms with Gasteiger partial charge in [0.15, 0.2) is 5.78 Å². The molecule has 0 spiro atoms. The minimum absolute atomic E-state index is 0.145. The maximum absolute atomic E-state index is 13.3. The van der Waals surface area contributed by atoms with Crippen molar-refractivity contribution in [2.75, 3.05) is 5.32 Å². The molecule has 2 unspecified atom stereocenters. The van der Waals surface area contributed by atoms with Crippen molar-refractivity contribution >= 4 is 23.3 Å². The Balaban J connectivity index is 1.63. The second-order valence-electron chi connectivity index (χ2n) is 7.34. The van der Waals surface area contributed by atoms with Crippen LogP contribution in [0.3, 0.4) is 0 Å². The van der Waals surface area contributed by atoms with Gasteiger partial charge in [0.25, 0.3) is 0 Å². The molecule has 2 aromatic carbocycles. The fraction of sp³-hybridized carbons (Fsp3) is 0.227. The van der Waals surface area contributed by atoms with E-state index in [0.717, 1.165) is 23.3 Å². The lowest BCUT2D eigenvalue weighted by atomic mass is 9.78. The molecule has 1 N–H and O–H groups in total. The van der Waals surface area contributed by atoms with Crippen molar-refractivity contribution in [1.29, 1.82) is 0 Å². The first-order chi connectivity index (χ1) is 13.6. The third kappa shape index (κ3) is 2.83. The second kappa shape index (κ2) is 6.60. The number of fused-ring (bicyclic) bond motifs is 1. The molecule has 0 amide bonds. The standard InChI is InChI=1S/C22H19ClN4O/c1-13-24-22-25-18-11-16(14-6-3-2-4-7-14)12-19(28)20(18)21(27(22)26-13)15-8-5-9-17(23)10-15/h2-10,16,21H,11-12H2,1H3,(H,24,25,26). The number of carbonyl (C=O) groups is 1. The second-order valence-corrected chi connectivity index (χ2v) is 7.78. The highest BCUT2D eigenvalue weighted by Crippen LogP contribution is 2.44. The van der Waals surface area contributed by atoms with Gasteiger partial charge in [-0.15, -0.1) is 0 Å². The van der Waals surface area contributed by atoms with Gasteiger partial charge in [0.1, 0.15) is 11.9 Å². The minimum atomic E-state index is -0.310. The summed E-state index contributed by atoms with van der Waals surface area (Å²) >= 11 is 6.25. The van der Waals surface area contributed by atoms with Crippen LogP contribution in [0.25, 0.3) is 0 Å². The number of halogens is 1. The summed E-state index contributed by atoms with van der Waals surface area (Å²) in [5.74, 6) is 1.64. The van der Waals surface area contributed by atoms with Gasteiger partial charge < -0.3 is 5.32 Å². The number of aryl methyl sites for hydroxylation is 1. The molecule has 0 radical (unpaired) electrons. The van der Waals surface area contributed by atoms with Crippen molar-refractivity contribution < 1.29 is 4.79 Å². The zero-order chi connectivity index (χ0) is 19.3. The highest BCUT2D eigenvalue weighted by Gasteiger charge is 2.39. The molecule has 1 aliphatic heterocycles. The van der Waals surface area contributed by atoms with Gasteiger partial charge in [0.2, 0.25) is 5.95 Å². The van der Waals surface area contributed by atoms with Crippen molar-refractivity contribution in [3.63, 3.8) is 0 Å². The molecule has 2 aliphatic rings. The molecule has 1 aromatic heterocycles. The lowest BCUT2D eigenvalue weighted by Crippen LogP contribution is -2.33. The van der Waals surface area contributed by atoms with Crippen LogP contribution in [0.5, 0.6) is 0 Å². The Morgan fingerprint density at radius 1 is 1.07 bits per heavy atom. The number of aromatic nitrogens is 3. The molecule has 5 rings (SSSR count). The Morgan fingerprint density at radius 3 is 2.64 bits per heavy atom. The zero-order valence-electron chi connectivity index (χ0n) is 15.4. The fourth-order valence-corrected chi connectivity index (χ4v) is 4.46. The van der Waals surface area contributed by atoms with Gasteiger partial charge in [-0.2, -0.15) is 10.1 Å². The van der Waals surface area contributed by atoms with E-state index in [1.807, 2.05) is 49.4 Å². The minimum Gasteiger partial charge on any atom is -0.328 e. The van der Waals surface area contributed by atoms with Crippen LogP contribution < -0.4 is 5.32 Å². The maximum atomic E-state index is 13.3. The molecule has 5 nitrogen and oxygen atoms in total. The Labute approximate surface area is 168 Å². The number of nitrogens with zero attached hydrogens (tertiary/aromatic N) is 3. The van der Waals surface area contributed by atoms with E-state index in [1.54, 1.807) is 4.68 Å². The van der Waals surface area contributed by atoms with E-state index in [4.69, 9.17) is 11.6 Å². The number of benzene rings is 2. The molecular formula is C22H19ClN4O. The SMILES string of the molecule is Cc1nc2n(n1)C(c1cccc(Cl)c1)C1=C(CC(c3ccccc3)CC1=O)N2. The van der Waals surface area contributed by atoms with E-state index in [2.05, 4.69) is 27.5 Å². The van der Waals surface area contributed by atoms with Crippen LogP contribution in [0.1, 0.15) is 41.8 Å². The molecule has 2 atom stereocenters. The molecule has 140 valence electrons. The number of anilines is 1. The lowest BCUT2D eigenvalue weighted by molar-refractivity contribution is -0.116. The van der Waals surface area contributed by atoms with Gasteiger partial charge in [0.05, 0.1) is 0 Å². The van der Waals surface area contributed by atoms with Gasteiger partial charge in [-0.3, -0.25) is 4.79 Å². The van der Waals surface area contributed by atoms with Gasteiger partial charge in [0, 0.05) is 22.7 Å². The predicted octanol–water partition coefficient (Wildman–Crippen LogP) is 4.66. The summed E-state index contributed by atoms with van der Waals surface area (Å²) in [5.41, 5.74) is 3.84. The van der Waals surface area contributed by atoms with E-state index in [-0.39, 0.29) is 17.7 Å². The van der Waals surface area contributed by atoms with E-state index in [0.29, 0.717) is 23.2 Å². The number of nitrogens with one attached hydrogen (secondary N) is 1. The topological polar surface area (TPSA) is 59.8 Å². The summed E-state index contributed by atoms with van der Waals surface area (Å²) in [5, 5.41) is 8.58. The fourth-order valence-electron chi connectivity index (χ4n) is 4.26. The Morgan fingerprint density at radius 2 is 1.86 bits per heavy atom. The Bertz CT molecular complexity index is 1100. The number of hydrogen-bond acceptors (Lipinski definition) is 4. The first kappa shape index (κ1) is 17.2. The maximum Gasteiger partial charge on any atom is 0.226 e. The van der Waals surface area contributed by atoms with Gasteiger partial charge >= 0.3 is 0 Å². The monoisotopic (exact) mass is 390 g/mol. The summed E-state index contributed by atoms with van der Waals surface area (Å²) in [6.07, 6.45) is 1.26. The van der Waals surface area contributed by atoms with Gasteiger partial charge in [-0.25, -0.2) is 4.68 Å². The molecule has 0 saturated heterocycles. The van der Waals surface area contributed by atoms with Crippen LogP contribution in [0.4, 0.5) is 5.95 Å². The molecular weight excluding hydrogens is 372 g/mol. The van der Waals surface area contributed by atoms with Crippen LogP contribution in [-0.4, -0.2) is 20.5 Å². The summed E-state index contributed by atoms with van der Waals surface area (Å²) in [6.45, 7) is 1.86. The number of rotatable bonds is 2.